The zero-order chi connectivity index (χ0) is 22.7. The number of ether oxygens (including phenoxy) is 2. The number of carbonyl (C=O) groups is 2. The van der Waals surface area contributed by atoms with Crippen LogP contribution >= 0.6 is 0 Å². The summed E-state index contributed by atoms with van der Waals surface area (Å²) in [6.45, 7) is 0.376. The van der Waals surface area contributed by atoms with Gasteiger partial charge in [0.25, 0.3) is 10.0 Å². The van der Waals surface area contributed by atoms with Gasteiger partial charge in [0.1, 0.15) is 5.75 Å². The van der Waals surface area contributed by atoms with Crippen LogP contribution in [0.25, 0.3) is 0 Å². The molecule has 0 radical (unpaired) electrons. The van der Waals surface area contributed by atoms with E-state index in [0.29, 0.717) is 17.8 Å². The summed E-state index contributed by atoms with van der Waals surface area (Å²) in [5.41, 5.74) is 2.07. The molecule has 0 amide bonds. The lowest BCUT2D eigenvalue weighted by molar-refractivity contribution is 0.0600. The highest BCUT2D eigenvalue weighted by molar-refractivity contribution is 7.92. The Morgan fingerprint density at radius 2 is 1.62 bits per heavy atom. The van der Waals surface area contributed by atoms with Crippen LogP contribution in [0.2, 0.25) is 0 Å². The van der Waals surface area contributed by atoms with Gasteiger partial charge in [-0.1, -0.05) is 24.3 Å². The summed E-state index contributed by atoms with van der Waals surface area (Å²) in [5.74, 6) is -0.979. The van der Waals surface area contributed by atoms with Crippen LogP contribution < -0.4 is 9.04 Å². The first-order valence-electron chi connectivity index (χ1n) is 10.0. The normalized spacial score (nSPS) is 13.2. The van der Waals surface area contributed by atoms with Gasteiger partial charge in [0.05, 0.1) is 28.8 Å². The first-order valence-corrected chi connectivity index (χ1v) is 11.5. The molecule has 0 saturated carbocycles. The number of hydrogen-bond donors (Lipinski definition) is 0. The maximum Gasteiger partial charge on any atom is 0.343 e. The van der Waals surface area contributed by atoms with Crippen LogP contribution in [0.4, 0.5) is 5.69 Å². The maximum absolute atomic E-state index is 13.3. The highest BCUT2D eigenvalue weighted by Crippen LogP contribution is 2.32. The lowest BCUT2D eigenvalue weighted by Crippen LogP contribution is -2.35. The number of sulfonamides is 1. The fraction of sp³-hybridized carbons (Fsp3) is 0.167. The predicted octanol–water partition coefficient (Wildman–Crippen LogP) is 3.83. The number of carbonyl (C=O) groups excluding carboxylic acids is 2. The summed E-state index contributed by atoms with van der Waals surface area (Å²) in [6, 6.07) is 19.1. The average Bonchev–Trinajstić information content (AvgIpc) is 2.83. The molecule has 1 aliphatic rings. The zero-order valence-electron chi connectivity index (χ0n) is 17.4. The molecule has 32 heavy (non-hydrogen) atoms. The summed E-state index contributed by atoms with van der Waals surface area (Å²) in [5, 5.41) is 0. The molecule has 0 saturated heterocycles. The van der Waals surface area contributed by atoms with Gasteiger partial charge in [0.15, 0.2) is 0 Å². The molecule has 3 aromatic rings. The standard InChI is InChI=1S/C24H21NO6S/c1-30-23(26)18-11-13-20(14-12-18)31-24(27)19-7-4-9-21(16-19)32(28,29)25-15-5-8-17-6-2-3-10-22(17)25/h2-4,6-7,9-14,16H,5,8,15H2,1H3. The van der Waals surface area contributed by atoms with Gasteiger partial charge in [-0.05, 0) is 66.9 Å². The van der Waals surface area contributed by atoms with Crippen molar-refractivity contribution in [2.24, 2.45) is 0 Å². The van der Waals surface area contributed by atoms with E-state index >= 15 is 0 Å². The van der Waals surface area contributed by atoms with Gasteiger partial charge in [0.2, 0.25) is 0 Å². The Balaban J connectivity index is 1.57. The number of para-hydroxylation sites is 1. The second-order valence-electron chi connectivity index (χ2n) is 7.24. The molecular weight excluding hydrogens is 430 g/mol. The van der Waals surface area contributed by atoms with Gasteiger partial charge < -0.3 is 9.47 Å². The van der Waals surface area contributed by atoms with Gasteiger partial charge in [-0.3, -0.25) is 4.31 Å². The molecule has 0 aliphatic carbocycles. The van der Waals surface area contributed by atoms with Crippen molar-refractivity contribution in [3.63, 3.8) is 0 Å². The number of benzene rings is 3. The number of nitrogens with zero attached hydrogens (tertiary/aromatic N) is 1. The van der Waals surface area contributed by atoms with E-state index < -0.39 is 22.0 Å². The highest BCUT2D eigenvalue weighted by Gasteiger charge is 2.29. The van der Waals surface area contributed by atoms with Crippen molar-refractivity contribution in [3.05, 3.63) is 89.5 Å². The van der Waals surface area contributed by atoms with Crippen molar-refractivity contribution in [1.29, 1.82) is 0 Å². The molecule has 0 bridgehead atoms. The molecule has 3 aromatic carbocycles. The monoisotopic (exact) mass is 451 g/mol. The molecular formula is C24H21NO6S. The Bertz CT molecular complexity index is 1270. The van der Waals surface area contributed by atoms with Gasteiger partial charge in [-0.15, -0.1) is 0 Å². The number of rotatable bonds is 5. The number of methoxy groups -OCH3 is 1. The van der Waals surface area contributed by atoms with Crippen LogP contribution in [0.5, 0.6) is 5.75 Å². The summed E-state index contributed by atoms with van der Waals surface area (Å²) >= 11 is 0. The van der Waals surface area contributed by atoms with Crippen LogP contribution in [0, 0.1) is 0 Å². The van der Waals surface area contributed by atoms with Crippen LogP contribution in [0.3, 0.4) is 0 Å². The minimum atomic E-state index is -3.85. The first kappa shape index (κ1) is 21.6. The molecule has 0 atom stereocenters. The van der Waals surface area contributed by atoms with E-state index in [1.54, 1.807) is 6.07 Å². The second-order valence-corrected chi connectivity index (χ2v) is 9.11. The van der Waals surface area contributed by atoms with E-state index in [0.717, 1.165) is 18.4 Å². The fourth-order valence-corrected chi connectivity index (χ4v) is 5.19. The average molecular weight is 452 g/mol. The van der Waals surface area contributed by atoms with Crippen molar-refractivity contribution in [2.75, 3.05) is 18.0 Å². The molecule has 1 aliphatic heterocycles. The lowest BCUT2D eigenvalue weighted by atomic mass is 10.0. The molecule has 164 valence electrons. The predicted molar refractivity (Wildman–Crippen MR) is 118 cm³/mol. The summed E-state index contributed by atoms with van der Waals surface area (Å²) in [6.07, 6.45) is 1.54. The van der Waals surface area contributed by atoms with E-state index in [1.807, 2.05) is 18.2 Å². The van der Waals surface area contributed by atoms with Crippen molar-refractivity contribution in [2.45, 2.75) is 17.7 Å². The third-order valence-electron chi connectivity index (χ3n) is 5.21. The first-order chi connectivity index (χ1) is 15.4. The van der Waals surface area contributed by atoms with Gasteiger partial charge in [-0.25, -0.2) is 18.0 Å². The molecule has 0 spiro atoms. The van der Waals surface area contributed by atoms with Crippen LogP contribution in [-0.2, 0) is 21.2 Å². The van der Waals surface area contributed by atoms with Crippen molar-refractivity contribution >= 4 is 27.6 Å². The quantitative estimate of drug-likeness (QED) is 0.433. The Hall–Kier alpha value is -3.65. The minimum Gasteiger partial charge on any atom is -0.465 e. The van der Waals surface area contributed by atoms with E-state index in [1.165, 1.54) is 59.9 Å². The topological polar surface area (TPSA) is 90.0 Å². The molecule has 8 heteroatoms. The van der Waals surface area contributed by atoms with Crippen molar-refractivity contribution in [3.8, 4) is 5.75 Å². The lowest BCUT2D eigenvalue weighted by Gasteiger charge is -2.30. The van der Waals surface area contributed by atoms with E-state index in [2.05, 4.69) is 4.74 Å². The number of aryl methyl sites for hydroxylation is 1. The third-order valence-corrected chi connectivity index (χ3v) is 7.02. The van der Waals surface area contributed by atoms with E-state index in [9.17, 15) is 18.0 Å². The fourth-order valence-electron chi connectivity index (χ4n) is 3.60. The molecule has 4 rings (SSSR count). The zero-order valence-corrected chi connectivity index (χ0v) is 18.2. The minimum absolute atomic E-state index is 0.0182. The Morgan fingerprint density at radius 3 is 2.38 bits per heavy atom. The Morgan fingerprint density at radius 1 is 0.875 bits per heavy atom. The van der Waals surface area contributed by atoms with Crippen LogP contribution in [0.15, 0.2) is 77.7 Å². The second kappa shape index (κ2) is 8.84. The van der Waals surface area contributed by atoms with Crippen LogP contribution in [-0.4, -0.2) is 34.0 Å². The van der Waals surface area contributed by atoms with E-state index in [-0.39, 0.29) is 16.2 Å². The molecule has 1 heterocycles. The van der Waals surface area contributed by atoms with Gasteiger partial charge in [0, 0.05) is 6.54 Å². The highest BCUT2D eigenvalue weighted by atomic mass is 32.2. The van der Waals surface area contributed by atoms with Crippen molar-refractivity contribution < 1.29 is 27.5 Å². The maximum atomic E-state index is 13.3. The van der Waals surface area contributed by atoms with Crippen LogP contribution in [0.1, 0.15) is 32.7 Å². The number of anilines is 1. The van der Waals surface area contributed by atoms with E-state index in [4.69, 9.17) is 4.74 Å². The smallest absolute Gasteiger partial charge is 0.343 e. The molecule has 0 fully saturated rings. The molecule has 0 unspecified atom stereocenters. The largest absolute Gasteiger partial charge is 0.465 e. The van der Waals surface area contributed by atoms with Gasteiger partial charge >= 0.3 is 11.9 Å². The Labute approximate surface area is 186 Å². The number of fused-ring (bicyclic) bond motifs is 1. The third kappa shape index (κ3) is 4.22. The summed E-state index contributed by atoms with van der Waals surface area (Å²) < 4.78 is 38.1. The summed E-state index contributed by atoms with van der Waals surface area (Å²) in [4.78, 5) is 24.2. The molecule has 0 aromatic heterocycles. The SMILES string of the molecule is COC(=O)c1ccc(OC(=O)c2cccc(S(=O)(=O)N3CCCc4ccccc43)c2)cc1. The molecule has 7 nitrogen and oxygen atoms in total. The number of hydrogen-bond acceptors (Lipinski definition) is 6. The van der Waals surface area contributed by atoms with Crippen molar-refractivity contribution in [1.82, 2.24) is 0 Å². The molecule has 0 N–H and O–H groups in total. The van der Waals surface area contributed by atoms with Gasteiger partial charge in [-0.2, -0.15) is 0 Å². The summed E-state index contributed by atoms with van der Waals surface area (Å²) in [7, 11) is -2.57. The number of esters is 2. The Kier molecular flexibility index (Phi) is 5.96.